The summed E-state index contributed by atoms with van der Waals surface area (Å²) in [5, 5.41) is 10.0. The summed E-state index contributed by atoms with van der Waals surface area (Å²) in [5.74, 6) is -0.417. The average molecular weight is 663 g/mol. The highest BCUT2D eigenvalue weighted by molar-refractivity contribution is 5.89. The number of rotatable bonds is 36. The summed E-state index contributed by atoms with van der Waals surface area (Å²) in [6.07, 6.45) is 39.2. The highest BCUT2D eigenvalue weighted by Gasteiger charge is 2.12. The van der Waals surface area contributed by atoms with Crippen LogP contribution in [0.1, 0.15) is 200 Å². The van der Waals surface area contributed by atoms with Gasteiger partial charge in [-0.2, -0.15) is 0 Å². The molecule has 0 unspecified atom stereocenters. The van der Waals surface area contributed by atoms with Crippen molar-refractivity contribution in [3.63, 3.8) is 0 Å². The van der Waals surface area contributed by atoms with E-state index in [4.69, 9.17) is 9.47 Å². The third kappa shape index (κ3) is 36.7. The van der Waals surface area contributed by atoms with Gasteiger partial charge in [0.25, 0.3) is 0 Å². The van der Waals surface area contributed by atoms with E-state index in [1.807, 2.05) is 12.2 Å². The molecule has 0 amide bonds. The highest BCUT2D eigenvalue weighted by atomic mass is 16.6. The highest BCUT2D eigenvalue weighted by Crippen LogP contribution is 2.15. The van der Waals surface area contributed by atoms with Crippen molar-refractivity contribution in [3.05, 3.63) is 24.3 Å². The lowest BCUT2D eigenvalue weighted by Crippen LogP contribution is -2.25. The van der Waals surface area contributed by atoms with Gasteiger partial charge in [-0.3, -0.25) is 14.4 Å². The number of aliphatic hydroxyl groups is 1. The molecule has 0 spiro atoms. The fourth-order valence-corrected chi connectivity index (χ4v) is 5.60. The Balaban J connectivity index is 3.47. The lowest BCUT2D eigenvalue weighted by molar-refractivity contribution is -0.152. The minimum absolute atomic E-state index is 0.134. The van der Waals surface area contributed by atoms with Gasteiger partial charge in [0, 0.05) is 19.3 Å². The predicted molar refractivity (Wildman–Crippen MR) is 196 cm³/mol. The van der Waals surface area contributed by atoms with Crippen molar-refractivity contribution in [2.24, 2.45) is 0 Å². The molecule has 0 aromatic carbocycles. The van der Waals surface area contributed by atoms with E-state index in [1.165, 1.54) is 89.9 Å². The molecule has 47 heavy (non-hydrogen) atoms. The Kier molecular flexibility index (Phi) is 35.3. The molecule has 0 bridgehead atoms. The van der Waals surface area contributed by atoms with Crippen LogP contribution in [0.4, 0.5) is 0 Å². The monoisotopic (exact) mass is 663 g/mol. The number of hydrogen-bond acceptors (Lipinski definition) is 6. The minimum atomic E-state index is -0.986. The van der Waals surface area contributed by atoms with Gasteiger partial charge in [0.15, 0.2) is 5.78 Å². The molecule has 0 aromatic rings. The first-order valence-electron chi connectivity index (χ1n) is 19.8. The van der Waals surface area contributed by atoms with Crippen LogP contribution in [0.25, 0.3) is 0 Å². The molecule has 0 aliphatic rings. The van der Waals surface area contributed by atoms with Crippen LogP contribution >= 0.6 is 0 Å². The normalized spacial score (nSPS) is 12.2. The minimum Gasteiger partial charge on any atom is -0.463 e. The van der Waals surface area contributed by atoms with Gasteiger partial charge >= 0.3 is 11.9 Å². The molecule has 0 heterocycles. The molecule has 0 saturated carbocycles. The van der Waals surface area contributed by atoms with Gasteiger partial charge in [-0.1, -0.05) is 167 Å². The fraction of sp³-hybridized carbons (Fsp3) is 0.829. The number of carbonyl (C=O) groups is 3. The Bertz CT molecular complexity index is 774. The molecule has 6 heteroatoms. The van der Waals surface area contributed by atoms with Gasteiger partial charge in [-0.05, 0) is 38.2 Å². The molecule has 0 aromatic heterocycles. The summed E-state index contributed by atoms with van der Waals surface area (Å²) in [5.41, 5.74) is 0. The fourth-order valence-electron chi connectivity index (χ4n) is 5.60. The summed E-state index contributed by atoms with van der Waals surface area (Å²) in [7, 11) is 0. The summed E-state index contributed by atoms with van der Waals surface area (Å²) in [6, 6.07) is 0. The maximum absolute atomic E-state index is 12.0. The number of ketones is 1. The Morgan fingerprint density at radius 1 is 0.489 bits per heavy atom. The van der Waals surface area contributed by atoms with E-state index in [9.17, 15) is 19.5 Å². The summed E-state index contributed by atoms with van der Waals surface area (Å²) in [6.45, 7) is 4.13. The molecule has 0 aliphatic carbocycles. The lowest BCUT2D eigenvalue weighted by atomic mass is 10.0. The number of carbonyl (C=O) groups excluding carboxylic acids is 3. The van der Waals surface area contributed by atoms with Crippen LogP contribution in [-0.4, -0.2) is 42.1 Å². The Morgan fingerprint density at radius 3 is 1.30 bits per heavy atom. The Hall–Kier alpha value is -1.95. The first kappa shape index (κ1) is 45.0. The molecule has 0 radical (unpaired) electrons. The van der Waals surface area contributed by atoms with Gasteiger partial charge in [0.1, 0.15) is 19.3 Å². The van der Waals surface area contributed by atoms with Crippen molar-refractivity contribution in [1.82, 2.24) is 0 Å². The van der Waals surface area contributed by atoms with Gasteiger partial charge in [0.05, 0.1) is 0 Å². The lowest BCUT2D eigenvalue weighted by Gasteiger charge is -2.12. The van der Waals surface area contributed by atoms with Gasteiger partial charge < -0.3 is 14.6 Å². The molecule has 0 rings (SSSR count). The molecule has 1 atom stereocenters. The molecule has 6 nitrogen and oxygen atoms in total. The van der Waals surface area contributed by atoms with Crippen LogP contribution in [0.5, 0.6) is 0 Å². The van der Waals surface area contributed by atoms with E-state index < -0.39 is 6.10 Å². The Morgan fingerprint density at radius 2 is 0.851 bits per heavy atom. The quantitative estimate of drug-likeness (QED) is 0.0311. The topological polar surface area (TPSA) is 89.9 Å². The molecular formula is C41H74O6. The van der Waals surface area contributed by atoms with Crippen molar-refractivity contribution in [2.75, 3.05) is 13.2 Å². The van der Waals surface area contributed by atoms with Crippen molar-refractivity contribution in [2.45, 2.75) is 206 Å². The van der Waals surface area contributed by atoms with E-state index in [0.29, 0.717) is 19.3 Å². The van der Waals surface area contributed by atoms with E-state index >= 15 is 0 Å². The zero-order chi connectivity index (χ0) is 34.5. The number of hydrogen-bond donors (Lipinski definition) is 1. The number of allylic oxidation sites excluding steroid dienone is 4. The zero-order valence-electron chi connectivity index (χ0n) is 30.8. The third-order valence-corrected chi connectivity index (χ3v) is 8.67. The second kappa shape index (κ2) is 36.9. The van der Waals surface area contributed by atoms with E-state index in [1.54, 1.807) is 6.08 Å². The molecule has 1 N–H and O–H groups in total. The van der Waals surface area contributed by atoms with Crippen LogP contribution in [0, 0.1) is 0 Å². The number of ether oxygens (including phenoxy) is 2. The Labute approximate surface area is 289 Å². The molecule has 274 valence electrons. The van der Waals surface area contributed by atoms with Crippen molar-refractivity contribution < 1.29 is 29.0 Å². The van der Waals surface area contributed by atoms with Gasteiger partial charge in [-0.25, -0.2) is 0 Å². The number of esters is 2. The second-order valence-corrected chi connectivity index (χ2v) is 13.4. The SMILES string of the molecule is CCCCCCCCCCCCCCCCCCCC(=O)OC[C@H](O)COC(=O)CCCCCCC/C=C\C=C\C(=O)CCCCC. The van der Waals surface area contributed by atoms with Crippen LogP contribution in [-0.2, 0) is 23.9 Å². The molecule has 0 aliphatic heterocycles. The maximum Gasteiger partial charge on any atom is 0.305 e. The second-order valence-electron chi connectivity index (χ2n) is 13.4. The van der Waals surface area contributed by atoms with Crippen LogP contribution in [0.2, 0.25) is 0 Å². The first-order chi connectivity index (χ1) is 23.0. The third-order valence-electron chi connectivity index (χ3n) is 8.67. The maximum atomic E-state index is 12.0. The molecule has 0 fully saturated rings. The van der Waals surface area contributed by atoms with Gasteiger partial charge in [-0.15, -0.1) is 0 Å². The molecular weight excluding hydrogens is 588 g/mol. The van der Waals surface area contributed by atoms with Crippen LogP contribution < -0.4 is 0 Å². The predicted octanol–water partition coefficient (Wildman–Crippen LogP) is 11.5. The summed E-state index contributed by atoms with van der Waals surface area (Å²) < 4.78 is 10.3. The first-order valence-corrected chi connectivity index (χ1v) is 19.8. The number of aliphatic hydroxyl groups excluding tert-OH is 1. The van der Waals surface area contributed by atoms with Gasteiger partial charge in [0.2, 0.25) is 0 Å². The van der Waals surface area contributed by atoms with Crippen molar-refractivity contribution in [1.29, 1.82) is 0 Å². The largest absolute Gasteiger partial charge is 0.463 e. The number of unbranched alkanes of at least 4 members (excludes halogenated alkanes) is 23. The van der Waals surface area contributed by atoms with E-state index in [-0.39, 0.29) is 30.9 Å². The average Bonchev–Trinajstić information content (AvgIpc) is 3.06. The summed E-state index contributed by atoms with van der Waals surface area (Å²) >= 11 is 0. The van der Waals surface area contributed by atoms with Crippen LogP contribution in [0.15, 0.2) is 24.3 Å². The molecule has 0 saturated heterocycles. The smallest absolute Gasteiger partial charge is 0.305 e. The van der Waals surface area contributed by atoms with Crippen molar-refractivity contribution in [3.8, 4) is 0 Å². The van der Waals surface area contributed by atoms with Crippen molar-refractivity contribution >= 4 is 17.7 Å². The zero-order valence-corrected chi connectivity index (χ0v) is 30.8. The van der Waals surface area contributed by atoms with E-state index in [2.05, 4.69) is 19.9 Å². The summed E-state index contributed by atoms with van der Waals surface area (Å²) in [4.78, 5) is 35.6. The standard InChI is InChI=1S/C41H74O6/c1-3-5-7-8-9-10-11-12-13-14-15-16-17-20-23-26-30-34-40(44)46-36-39(43)37-47-41(45)35-31-27-24-21-18-19-22-25-29-33-38(42)32-28-6-4-2/h22,25,29,33,39,43H,3-21,23-24,26-28,30-32,34-37H2,1-2H3/b25-22-,33-29+/t39-/m0/s1. The van der Waals surface area contributed by atoms with E-state index in [0.717, 1.165) is 77.0 Å². The van der Waals surface area contributed by atoms with Crippen LogP contribution in [0.3, 0.4) is 0 Å².